The Bertz CT molecular complexity index is 1280. The van der Waals surface area contributed by atoms with Crippen molar-refractivity contribution < 1.29 is 23.7 Å². The zero-order valence-corrected chi connectivity index (χ0v) is 28.6. The van der Waals surface area contributed by atoms with Gasteiger partial charge in [0.15, 0.2) is 0 Å². The van der Waals surface area contributed by atoms with Crippen LogP contribution in [0.4, 0.5) is 0 Å². The summed E-state index contributed by atoms with van der Waals surface area (Å²) in [5, 5.41) is 0. The monoisotopic (exact) mass is 620 g/mol. The molecule has 45 heavy (non-hydrogen) atoms. The van der Waals surface area contributed by atoms with Crippen molar-refractivity contribution in [3.05, 3.63) is 46.5 Å². The average molecular weight is 621 g/mol. The highest BCUT2D eigenvalue weighted by atomic mass is 16.7. The number of piperidine rings is 2. The van der Waals surface area contributed by atoms with E-state index in [1.807, 2.05) is 0 Å². The molecule has 7 heteroatoms. The molecule has 0 bridgehead atoms. The minimum absolute atomic E-state index is 0.130. The molecular formula is C38H56N2O5. The third-order valence-electron chi connectivity index (χ3n) is 11.4. The summed E-state index contributed by atoms with van der Waals surface area (Å²) in [6.07, 6.45) is 11.1. The summed E-state index contributed by atoms with van der Waals surface area (Å²) in [7, 11) is 3.56. The molecule has 0 aromatic heterocycles. The number of likely N-dealkylation sites (tertiary alicyclic amines) is 2. The van der Waals surface area contributed by atoms with Crippen molar-refractivity contribution in [3.8, 4) is 23.0 Å². The highest BCUT2D eigenvalue weighted by molar-refractivity contribution is 5.52. The molecule has 0 radical (unpaired) electrons. The second-order valence-corrected chi connectivity index (χ2v) is 14.5. The molecular weight excluding hydrogens is 564 g/mol. The number of hydrogen-bond donors (Lipinski definition) is 0. The predicted molar refractivity (Wildman–Crippen MR) is 179 cm³/mol. The van der Waals surface area contributed by atoms with Gasteiger partial charge in [-0.15, -0.1) is 0 Å². The molecule has 3 saturated heterocycles. The van der Waals surface area contributed by atoms with Crippen LogP contribution in [0.25, 0.3) is 0 Å². The maximum Gasteiger partial charge on any atom is 0.230 e. The molecule has 7 nitrogen and oxygen atoms in total. The summed E-state index contributed by atoms with van der Waals surface area (Å²) in [6, 6.07) is 8.56. The lowest BCUT2D eigenvalue weighted by atomic mass is 9.78. The smallest absolute Gasteiger partial charge is 0.230 e. The zero-order chi connectivity index (χ0) is 31.4. The van der Waals surface area contributed by atoms with Crippen molar-refractivity contribution >= 4 is 0 Å². The number of rotatable bonds is 13. The van der Waals surface area contributed by atoms with E-state index in [0.29, 0.717) is 10.8 Å². The van der Waals surface area contributed by atoms with Gasteiger partial charge in [0.25, 0.3) is 0 Å². The molecule has 4 fully saturated rings. The van der Waals surface area contributed by atoms with Gasteiger partial charge >= 0.3 is 0 Å². The van der Waals surface area contributed by atoms with Crippen LogP contribution < -0.4 is 18.9 Å². The third kappa shape index (κ3) is 7.26. The fourth-order valence-electron chi connectivity index (χ4n) is 8.08. The van der Waals surface area contributed by atoms with Gasteiger partial charge in [-0.2, -0.15) is 0 Å². The van der Waals surface area contributed by atoms with Crippen LogP contribution in [0, 0.1) is 10.8 Å². The normalized spacial score (nSPS) is 21.0. The quantitative estimate of drug-likeness (QED) is 0.219. The minimum Gasteiger partial charge on any atom is -0.496 e. The molecule has 0 unspecified atom stereocenters. The summed E-state index contributed by atoms with van der Waals surface area (Å²) >= 11 is 0. The molecule has 1 saturated carbocycles. The van der Waals surface area contributed by atoms with Crippen LogP contribution in [0.3, 0.4) is 0 Å². The molecule has 0 atom stereocenters. The Balaban J connectivity index is 1.08. The number of methoxy groups -OCH3 is 2. The fourth-order valence-corrected chi connectivity index (χ4v) is 8.08. The van der Waals surface area contributed by atoms with E-state index in [1.54, 1.807) is 14.2 Å². The van der Waals surface area contributed by atoms with Crippen LogP contribution in [0.1, 0.15) is 93.9 Å². The molecule has 4 aliphatic rings. The summed E-state index contributed by atoms with van der Waals surface area (Å²) in [5.74, 6) is 3.82. The van der Waals surface area contributed by atoms with Crippen LogP contribution in [0.15, 0.2) is 24.3 Å². The SMILES string of the molecule is CCc1c(OCOc2ccc(CN3CCC4(CC3)CC4)c(OC)c2C(C)C)ccc(CCN2CCC3(CCOC3)CC2)c1OC. The summed E-state index contributed by atoms with van der Waals surface area (Å²) in [5.41, 5.74) is 5.83. The van der Waals surface area contributed by atoms with E-state index in [-0.39, 0.29) is 12.7 Å². The number of hydrogen-bond acceptors (Lipinski definition) is 7. The Hall–Kier alpha value is -2.48. The Morgan fingerprint density at radius 1 is 0.756 bits per heavy atom. The van der Waals surface area contributed by atoms with Gasteiger partial charge in [0.2, 0.25) is 6.79 Å². The Morgan fingerprint density at radius 2 is 1.40 bits per heavy atom. The summed E-state index contributed by atoms with van der Waals surface area (Å²) in [4.78, 5) is 5.19. The summed E-state index contributed by atoms with van der Waals surface area (Å²) < 4.78 is 30.4. The minimum atomic E-state index is 0.130. The Morgan fingerprint density at radius 3 is 2.02 bits per heavy atom. The van der Waals surface area contributed by atoms with Crippen LogP contribution in [-0.2, 0) is 24.1 Å². The molecule has 2 aromatic carbocycles. The van der Waals surface area contributed by atoms with Gasteiger partial charge in [0, 0.05) is 36.4 Å². The third-order valence-corrected chi connectivity index (χ3v) is 11.4. The topological polar surface area (TPSA) is 52.6 Å². The first-order chi connectivity index (χ1) is 21.9. The van der Waals surface area contributed by atoms with E-state index in [0.717, 1.165) is 86.4 Å². The van der Waals surface area contributed by atoms with Gasteiger partial charge < -0.3 is 28.6 Å². The first kappa shape index (κ1) is 32.5. The van der Waals surface area contributed by atoms with Crippen molar-refractivity contribution in [1.82, 2.24) is 9.80 Å². The fraction of sp³-hybridized carbons (Fsp3) is 0.684. The van der Waals surface area contributed by atoms with E-state index < -0.39 is 0 Å². The molecule has 0 amide bonds. The van der Waals surface area contributed by atoms with Crippen molar-refractivity contribution in [1.29, 1.82) is 0 Å². The molecule has 3 aliphatic heterocycles. The lowest BCUT2D eigenvalue weighted by Crippen LogP contribution is -2.41. The molecule has 2 spiro atoms. The molecule has 1 aliphatic carbocycles. The Kier molecular flexibility index (Phi) is 10.2. The van der Waals surface area contributed by atoms with E-state index >= 15 is 0 Å². The first-order valence-electron chi connectivity index (χ1n) is 17.5. The zero-order valence-electron chi connectivity index (χ0n) is 28.6. The van der Waals surface area contributed by atoms with E-state index in [1.165, 1.54) is 69.2 Å². The molecule has 6 rings (SSSR count). The predicted octanol–water partition coefficient (Wildman–Crippen LogP) is 7.23. The van der Waals surface area contributed by atoms with Gasteiger partial charge in [0.1, 0.15) is 23.0 Å². The second-order valence-electron chi connectivity index (χ2n) is 14.5. The first-order valence-corrected chi connectivity index (χ1v) is 17.5. The second kappa shape index (κ2) is 14.1. The van der Waals surface area contributed by atoms with E-state index in [9.17, 15) is 0 Å². The van der Waals surface area contributed by atoms with Crippen LogP contribution in [0.2, 0.25) is 0 Å². The van der Waals surface area contributed by atoms with Crippen molar-refractivity contribution in [2.45, 2.75) is 91.0 Å². The van der Waals surface area contributed by atoms with Gasteiger partial charge in [-0.05, 0) is 118 Å². The van der Waals surface area contributed by atoms with Gasteiger partial charge in [-0.25, -0.2) is 0 Å². The molecule has 0 N–H and O–H groups in total. The number of benzene rings is 2. The van der Waals surface area contributed by atoms with E-state index in [4.69, 9.17) is 23.7 Å². The van der Waals surface area contributed by atoms with Crippen LogP contribution in [-0.4, -0.2) is 76.7 Å². The average Bonchev–Trinajstić information content (AvgIpc) is 3.66. The number of ether oxygens (including phenoxy) is 5. The lowest BCUT2D eigenvalue weighted by molar-refractivity contribution is 0.0812. The van der Waals surface area contributed by atoms with Gasteiger partial charge in [0.05, 0.1) is 20.8 Å². The van der Waals surface area contributed by atoms with E-state index in [2.05, 4.69) is 54.8 Å². The Labute approximate surface area is 271 Å². The van der Waals surface area contributed by atoms with Crippen molar-refractivity contribution in [2.24, 2.45) is 10.8 Å². The largest absolute Gasteiger partial charge is 0.496 e. The standard InChI is InChI=1S/C38H56N2O5/c1-6-31-32(9-7-29(35(31)41-4)11-19-39-20-16-38(17-21-39)18-24-43-26-38)44-27-45-33-10-8-30(36(42-5)34(33)28(2)3)25-40-22-14-37(12-13-37)15-23-40/h7-10,28H,6,11-27H2,1-5H3. The van der Waals surface area contributed by atoms with Crippen molar-refractivity contribution in [3.63, 3.8) is 0 Å². The molecule has 2 aromatic rings. The lowest BCUT2D eigenvalue weighted by Gasteiger charge is -2.38. The maximum atomic E-state index is 6.32. The highest BCUT2D eigenvalue weighted by Crippen LogP contribution is 2.54. The maximum absolute atomic E-state index is 6.32. The number of nitrogens with zero attached hydrogens (tertiary/aromatic N) is 2. The van der Waals surface area contributed by atoms with Gasteiger partial charge in [-0.3, -0.25) is 4.90 Å². The molecule has 3 heterocycles. The molecule has 248 valence electrons. The van der Waals surface area contributed by atoms with Gasteiger partial charge in [-0.1, -0.05) is 32.9 Å². The highest BCUT2D eigenvalue weighted by Gasteiger charge is 2.44. The summed E-state index contributed by atoms with van der Waals surface area (Å²) in [6.45, 7) is 15.3. The van der Waals surface area contributed by atoms with Crippen molar-refractivity contribution in [2.75, 3.05) is 67.0 Å². The van der Waals surface area contributed by atoms with Crippen LogP contribution in [0.5, 0.6) is 23.0 Å². The van der Waals surface area contributed by atoms with Crippen LogP contribution >= 0.6 is 0 Å².